The Hall–Kier alpha value is -1.89. The van der Waals surface area contributed by atoms with Gasteiger partial charge in [-0.15, -0.1) is 0 Å². The first-order valence-electron chi connectivity index (χ1n) is 5.62. The van der Waals surface area contributed by atoms with E-state index in [1.165, 1.54) is 18.2 Å². The lowest BCUT2D eigenvalue weighted by Crippen LogP contribution is -2.37. The molecule has 1 aliphatic heterocycles. The van der Waals surface area contributed by atoms with E-state index < -0.39 is 18.0 Å². The van der Waals surface area contributed by atoms with Gasteiger partial charge in [0.2, 0.25) is 0 Å². The summed E-state index contributed by atoms with van der Waals surface area (Å²) in [6.45, 7) is -2.73. The topological polar surface area (TPSA) is 81.8 Å². The molecule has 5 nitrogen and oxygen atoms in total. The van der Waals surface area contributed by atoms with Crippen molar-refractivity contribution in [3.63, 3.8) is 0 Å². The highest BCUT2D eigenvalue weighted by molar-refractivity contribution is 5.84. The maximum Gasteiger partial charge on any atom is 0.387 e. The highest BCUT2D eigenvalue weighted by atomic mass is 19.3. The zero-order valence-corrected chi connectivity index (χ0v) is 9.94. The van der Waals surface area contributed by atoms with Gasteiger partial charge in [-0.2, -0.15) is 8.78 Å². The van der Waals surface area contributed by atoms with Crippen LogP contribution in [-0.4, -0.2) is 30.9 Å². The van der Waals surface area contributed by atoms with Crippen LogP contribution in [0.4, 0.5) is 14.5 Å². The summed E-state index contributed by atoms with van der Waals surface area (Å²) in [7, 11) is 0. The second-order valence-corrected chi connectivity index (χ2v) is 4.32. The summed E-state index contributed by atoms with van der Waals surface area (Å²) in [4.78, 5) is 11.5. The highest BCUT2D eigenvalue weighted by Gasteiger charge is 2.45. The average molecular weight is 273 g/mol. The van der Waals surface area contributed by atoms with Gasteiger partial charge in [-0.25, -0.2) is 0 Å². The van der Waals surface area contributed by atoms with Gasteiger partial charge in [0.15, 0.2) is 0 Å². The fourth-order valence-corrected chi connectivity index (χ4v) is 2.19. The van der Waals surface area contributed by atoms with Crippen LogP contribution in [0.3, 0.4) is 0 Å². The lowest BCUT2D eigenvalue weighted by molar-refractivity contribution is -0.143. The van der Waals surface area contributed by atoms with Crippen LogP contribution < -0.4 is 10.5 Å². The summed E-state index contributed by atoms with van der Waals surface area (Å²) in [5.41, 5.74) is 4.92. The summed E-state index contributed by atoms with van der Waals surface area (Å²) < 4.78 is 33.8. The monoisotopic (exact) mass is 273 g/mol. The molecule has 0 saturated carbocycles. The van der Waals surface area contributed by atoms with Crippen LogP contribution in [-0.2, 0) is 14.9 Å². The van der Waals surface area contributed by atoms with Gasteiger partial charge >= 0.3 is 12.6 Å². The molecule has 0 radical (unpaired) electrons. The van der Waals surface area contributed by atoms with Crippen molar-refractivity contribution in [2.24, 2.45) is 0 Å². The van der Waals surface area contributed by atoms with Crippen LogP contribution in [0.15, 0.2) is 18.2 Å². The van der Waals surface area contributed by atoms with E-state index in [-0.39, 0.29) is 36.6 Å². The van der Waals surface area contributed by atoms with Gasteiger partial charge in [-0.1, -0.05) is 0 Å². The number of carboxylic acids is 1. The number of ether oxygens (including phenoxy) is 2. The quantitative estimate of drug-likeness (QED) is 0.814. The Kier molecular flexibility index (Phi) is 3.57. The number of hydrogen-bond acceptors (Lipinski definition) is 4. The SMILES string of the molecule is Nc1ccc(OC(F)F)cc1C1(C(=O)O)CCOC1. The molecular weight excluding hydrogens is 260 g/mol. The molecule has 1 fully saturated rings. The molecular formula is C12H13F2NO4. The Morgan fingerprint density at radius 2 is 2.26 bits per heavy atom. The van der Waals surface area contributed by atoms with Crippen LogP contribution in [0.1, 0.15) is 12.0 Å². The first-order chi connectivity index (χ1) is 8.95. The first-order valence-corrected chi connectivity index (χ1v) is 5.62. The molecule has 7 heteroatoms. The van der Waals surface area contributed by atoms with E-state index in [1.54, 1.807) is 0 Å². The van der Waals surface area contributed by atoms with E-state index in [9.17, 15) is 18.7 Å². The van der Waals surface area contributed by atoms with Gasteiger partial charge in [0.25, 0.3) is 0 Å². The van der Waals surface area contributed by atoms with Gasteiger partial charge in [0.1, 0.15) is 11.2 Å². The van der Waals surface area contributed by atoms with Crippen LogP contribution in [0, 0.1) is 0 Å². The van der Waals surface area contributed by atoms with Crippen molar-refractivity contribution in [1.82, 2.24) is 0 Å². The molecule has 1 aromatic carbocycles. The third-order valence-corrected chi connectivity index (χ3v) is 3.20. The summed E-state index contributed by atoms with van der Waals surface area (Å²) in [5, 5.41) is 9.39. The minimum atomic E-state index is -2.97. The number of rotatable bonds is 4. The Labute approximate surface area is 107 Å². The molecule has 1 aromatic rings. The molecule has 1 heterocycles. The second kappa shape index (κ2) is 5.00. The van der Waals surface area contributed by atoms with Crippen LogP contribution in [0.25, 0.3) is 0 Å². The molecule has 19 heavy (non-hydrogen) atoms. The fourth-order valence-electron chi connectivity index (χ4n) is 2.19. The predicted molar refractivity (Wildman–Crippen MR) is 62.2 cm³/mol. The maximum absolute atomic E-state index is 12.2. The van der Waals surface area contributed by atoms with Crippen molar-refractivity contribution < 1.29 is 28.2 Å². The Morgan fingerprint density at radius 3 is 2.79 bits per heavy atom. The number of hydrogen-bond donors (Lipinski definition) is 2. The fraction of sp³-hybridized carbons (Fsp3) is 0.417. The third kappa shape index (κ3) is 2.46. The number of carbonyl (C=O) groups is 1. The average Bonchev–Trinajstić information content (AvgIpc) is 2.81. The second-order valence-electron chi connectivity index (χ2n) is 4.32. The van der Waals surface area contributed by atoms with E-state index in [1.807, 2.05) is 0 Å². The molecule has 1 atom stereocenters. The van der Waals surface area contributed by atoms with Gasteiger partial charge in [0.05, 0.1) is 6.61 Å². The van der Waals surface area contributed by atoms with E-state index >= 15 is 0 Å². The Balaban J connectivity index is 2.44. The molecule has 1 saturated heterocycles. The number of benzene rings is 1. The summed E-state index contributed by atoms with van der Waals surface area (Å²) >= 11 is 0. The largest absolute Gasteiger partial charge is 0.481 e. The number of anilines is 1. The van der Waals surface area contributed by atoms with Crippen molar-refractivity contribution >= 4 is 11.7 Å². The third-order valence-electron chi connectivity index (χ3n) is 3.20. The van der Waals surface area contributed by atoms with Crippen molar-refractivity contribution in [2.45, 2.75) is 18.4 Å². The van der Waals surface area contributed by atoms with E-state index in [4.69, 9.17) is 10.5 Å². The van der Waals surface area contributed by atoms with Gasteiger partial charge < -0.3 is 20.3 Å². The van der Waals surface area contributed by atoms with E-state index in [0.29, 0.717) is 0 Å². The van der Waals surface area contributed by atoms with Crippen molar-refractivity contribution in [2.75, 3.05) is 18.9 Å². The molecule has 1 unspecified atom stereocenters. The molecule has 0 aliphatic carbocycles. The highest BCUT2D eigenvalue weighted by Crippen LogP contribution is 2.38. The van der Waals surface area contributed by atoms with Gasteiger partial charge in [0, 0.05) is 12.3 Å². The van der Waals surface area contributed by atoms with Crippen molar-refractivity contribution in [1.29, 1.82) is 0 Å². The lowest BCUT2D eigenvalue weighted by atomic mass is 9.79. The minimum absolute atomic E-state index is 0.0370. The first kappa shape index (κ1) is 13.5. The molecule has 2 rings (SSSR count). The number of carboxylic acid groups (broad SMARTS) is 1. The molecule has 3 N–H and O–H groups in total. The molecule has 0 spiro atoms. The summed E-state index contributed by atoms with van der Waals surface area (Å²) in [6.07, 6.45) is 0.241. The van der Waals surface area contributed by atoms with Crippen molar-refractivity contribution in [3.05, 3.63) is 23.8 Å². The molecule has 0 bridgehead atoms. The number of halogens is 2. The molecule has 0 aromatic heterocycles. The maximum atomic E-state index is 12.2. The number of alkyl halides is 2. The van der Waals surface area contributed by atoms with E-state index in [0.717, 1.165) is 0 Å². The van der Waals surface area contributed by atoms with Crippen LogP contribution in [0.2, 0.25) is 0 Å². The Bertz CT molecular complexity index is 487. The normalized spacial score (nSPS) is 22.7. The number of nitrogens with two attached hydrogens (primary N) is 1. The predicted octanol–water partition coefficient (Wildman–Crippen LogP) is 1.61. The van der Waals surface area contributed by atoms with Gasteiger partial charge in [-0.05, 0) is 30.2 Å². The minimum Gasteiger partial charge on any atom is -0.481 e. The van der Waals surface area contributed by atoms with Crippen molar-refractivity contribution in [3.8, 4) is 5.75 Å². The number of aliphatic carboxylic acids is 1. The lowest BCUT2D eigenvalue weighted by Gasteiger charge is -2.24. The summed E-state index contributed by atoms with van der Waals surface area (Å²) in [6, 6.07) is 3.87. The smallest absolute Gasteiger partial charge is 0.387 e. The van der Waals surface area contributed by atoms with E-state index in [2.05, 4.69) is 4.74 Å². The molecule has 0 amide bonds. The van der Waals surface area contributed by atoms with Gasteiger partial charge in [-0.3, -0.25) is 4.79 Å². The molecule has 1 aliphatic rings. The van der Waals surface area contributed by atoms with Crippen LogP contribution in [0.5, 0.6) is 5.75 Å². The standard InChI is InChI=1S/C12H13F2NO4/c13-11(14)19-7-1-2-9(15)8(5-7)12(10(16)17)3-4-18-6-12/h1-2,5,11H,3-4,6,15H2,(H,16,17). The van der Waals surface area contributed by atoms with Crippen LogP contribution >= 0.6 is 0 Å². The zero-order chi connectivity index (χ0) is 14.0. The Morgan fingerprint density at radius 1 is 1.53 bits per heavy atom. The molecule has 104 valence electrons. The number of nitrogen functional groups attached to an aromatic ring is 1. The zero-order valence-electron chi connectivity index (χ0n) is 9.94. The summed E-state index contributed by atoms with van der Waals surface area (Å²) in [5.74, 6) is -1.21.